The largest absolute Gasteiger partial charge is 0.496 e. The second kappa shape index (κ2) is 9.97. The zero-order valence-electron chi connectivity index (χ0n) is 20.3. The van der Waals surface area contributed by atoms with Crippen LogP contribution < -0.4 is 20.3 Å². The van der Waals surface area contributed by atoms with E-state index in [1.807, 2.05) is 31.2 Å². The van der Waals surface area contributed by atoms with Gasteiger partial charge in [-0.25, -0.2) is 9.37 Å². The van der Waals surface area contributed by atoms with E-state index in [0.717, 1.165) is 37.1 Å². The van der Waals surface area contributed by atoms with Gasteiger partial charge >= 0.3 is 0 Å². The fraction of sp³-hybridized carbons (Fsp3) is 0.321. The predicted molar refractivity (Wildman–Crippen MR) is 136 cm³/mol. The lowest BCUT2D eigenvalue weighted by molar-refractivity contribution is 0.0925. The third-order valence-electron chi connectivity index (χ3n) is 7.19. The average molecular weight is 489 g/mol. The number of hydrogen-bond donors (Lipinski definition) is 2. The SMILES string of the molecule is COc1cccc(C(=O)N[C@H]2C[C@H]3CC[C@@H](C2)N3c2ccc(C(=O)Nc3ccc(F)cc3)cn2)c1C. The first-order valence-corrected chi connectivity index (χ1v) is 12.2. The molecule has 2 N–H and O–H groups in total. The van der Waals surface area contributed by atoms with Crippen molar-refractivity contribution in [2.75, 3.05) is 17.3 Å². The van der Waals surface area contributed by atoms with Crippen LogP contribution in [0.1, 0.15) is 52.0 Å². The standard InChI is InChI=1S/C28H29FN4O3/c1-17-24(4-3-5-25(17)36-2)28(35)32-21-14-22-11-12-23(15-21)33(22)26-13-6-18(16-30-26)27(34)31-20-9-7-19(29)8-10-20/h3-10,13,16,21-23H,11-12,14-15H2,1-2H3,(H,31,34)(H,32,35)/t21-,22+,23-. The summed E-state index contributed by atoms with van der Waals surface area (Å²) in [5.41, 5.74) is 2.44. The minimum Gasteiger partial charge on any atom is -0.496 e. The van der Waals surface area contributed by atoms with Gasteiger partial charge in [0.25, 0.3) is 11.8 Å². The Balaban J connectivity index is 1.22. The van der Waals surface area contributed by atoms with Crippen molar-refractivity contribution < 1.29 is 18.7 Å². The molecule has 2 amide bonds. The number of fused-ring (bicyclic) bond motifs is 2. The van der Waals surface area contributed by atoms with Crippen LogP contribution in [-0.4, -0.2) is 42.0 Å². The minimum atomic E-state index is -0.354. The highest BCUT2D eigenvalue weighted by atomic mass is 19.1. The molecule has 3 aromatic rings. The zero-order chi connectivity index (χ0) is 25.2. The third kappa shape index (κ3) is 4.76. The van der Waals surface area contributed by atoms with Crippen LogP contribution in [0.3, 0.4) is 0 Å². The first-order chi connectivity index (χ1) is 17.4. The van der Waals surface area contributed by atoms with E-state index in [0.29, 0.717) is 22.6 Å². The molecule has 2 aliphatic heterocycles. The molecule has 186 valence electrons. The van der Waals surface area contributed by atoms with Crippen molar-refractivity contribution in [2.24, 2.45) is 0 Å². The Kier molecular flexibility index (Phi) is 6.59. The van der Waals surface area contributed by atoms with E-state index >= 15 is 0 Å². The van der Waals surface area contributed by atoms with Gasteiger partial charge in [0, 0.05) is 41.1 Å². The van der Waals surface area contributed by atoms with Crippen molar-refractivity contribution in [1.82, 2.24) is 10.3 Å². The van der Waals surface area contributed by atoms with E-state index in [4.69, 9.17) is 4.74 Å². The van der Waals surface area contributed by atoms with Gasteiger partial charge in [-0.3, -0.25) is 9.59 Å². The third-order valence-corrected chi connectivity index (χ3v) is 7.19. The Bertz CT molecular complexity index is 1250. The highest BCUT2D eigenvalue weighted by Crippen LogP contribution is 2.38. The lowest BCUT2D eigenvalue weighted by Gasteiger charge is -2.40. The molecule has 5 rings (SSSR count). The van der Waals surface area contributed by atoms with Crippen LogP contribution in [0, 0.1) is 12.7 Å². The van der Waals surface area contributed by atoms with Crippen LogP contribution in [0.25, 0.3) is 0 Å². The Morgan fingerprint density at radius 2 is 1.72 bits per heavy atom. The number of benzene rings is 2. The molecular weight excluding hydrogens is 459 g/mol. The van der Waals surface area contributed by atoms with Crippen molar-refractivity contribution in [1.29, 1.82) is 0 Å². The number of anilines is 2. The molecule has 2 bridgehead atoms. The smallest absolute Gasteiger partial charge is 0.257 e. The van der Waals surface area contributed by atoms with E-state index in [1.165, 1.54) is 24.3 Å². The Morgan fingerprint density at radius 1 is 1.00 bits per heavy atom. The number of aromatic nitrogens is 1. The number of carbonyl (C=O) groups excluding carboxylic acids is 2. The van der Waals surface area contributed by atoms with Gasteiger partial charge in [0.1, 0.15) is 17.4 Å². The monoisotopic (exact) mass is 488 g/mol. The maximum atomic E-state index is 13.1. The van der Waals surface area contributed by atoms with Gasteiger partial charge in [-0.15, -0.1) is 0 Å². The molecule has 3 atom stereocenters. The second-order valence-corrected chi connectivity index (χ2v) is 9.43. The number of halogens is 1. The van der Waals surface area contributed by atoms with Crippen LogP contribution in [0.4, 0.5) is 15.9 Å². The number of hydrogen-bond acceptors (Lipinski definition) is 5. The van der Waals surface area contributed by atoms with E-state index in [-0.39, 0.29) is 35.8 Å². The van der Waals surface area contributed by atoms with E-state index in [1.54, 1.807) is 19.4 Å². The normalized spacial score (nSPS) is 20.6. The van der Waals surface area contributed by atoms with Crippen molar-refractivity contribution in [2.45, 2.75) is 50.7 Å². The average Bonchev–Trinajstić information content (AvgIpc) is 3.15. The highest BCUT2D eigenvalue weighted by Gasteiger charge is 2.42. The molecule has 2 saturated heterocycles. The van der Waals surface area contributed by atoms with Gasteiger partial charge in [0.2, 0.25) is 0 Å². The summed E-state index contributed by atoms with van der Waals surface area (Å²) in [5.74, 6) is 0.830. The first-order valence-electron chi connectivity index (χ1n) is 12.2. The van der Waals surface area contributed by atoms with Gasteiger partial charge in [0.05, 0.1) is 12.7 Å². The molecule has 1 aromatic heterocycles. The van der Waals surface area contributed by atoms with Crippen LogP contribution in [0.5, 0.6) is 5.75 Å². The Hall–Kier alpha value is -3.94. The van der Waals surface area contributed by atoms with E-state index in [2.05, 4.69) is 20.5 Å². The second-order valence-electron chi connectivity index (χ2n) is 9.43. The molecule has 0 aliphatic carbocycles. The summed E-state index contributed by atoms with van der Waals surface area (Å²) >= 11 is 0. The van der Waals surface area contributed by atoms with Gasteiger partial charge in [-0.2, -0.15) is 0 Å². The number of nitrogens with zero attached hydrogens (tertiary/aromatic N) is 2. The summed E-state index contributed by atoms with van der Waals surface area (Å²) < 4.78 is 18.4. The number of nitrogens with one attached hydrogen (secondary N) is 2. The predicted octanol–water partition coefficient (Wildman–Crippen LogP) is 4.72. The molecule has 0 unspecified atom stereocenters. The maximum absolute atomic E-state index is 13.1. The van der Waals surface area contributed by atoms with Crippen molar-refractivity contribution in [3.05, 3.63) is 83.3 Å². The molecule has 0 radical (unpaired) electrons. The number of amides is 2. The Morgan fingerprint density at radius 3 is 2.36 bits per heavy atom. The summed E-state index contributed by atoms with van der Waals surface area (Å²) in [6.07, 6.45) is 5.36. The molecule has 2 fully saturated rings. The number of pyridine rings is 1. The Labute approximate surface area is 209 Å². The highest BCUT2D eigenvalue weighted by molar-refractivity contribution is 6.04. The van der Waals surface area contributed by atoms with E-state index in [9.17, 15) is 14.0 Å². The van der Waals surface area contributed by atoms with Crippen molar-refractivity contribution in [3.8, 4) is 5.75 Å². The number of methoxy groups -OCH3 is 1. The lowest BCUT2D eigenvalue weighted by atomic mass is 9.96. The first kappa shape index (κ1) is 23.8. The fourth-order valence-electron chi connectivity index (χ4n) is 5.42. The fourth-order valence-corrected chi connectivity index (χ4v) is 5.42. The summed E-state index contributed by atoms with van der Waals surface area (Å²) in [6.45, 7) is 1.90. The zero-order valence-corrected chi connectivity index (χ0v) is 20.3. The summed E-state index contributed by atoms with van der Waals surface area (Å²) in [7, 11) is 1.61. The van der Waals surface area contributed by atoms with Crippen molar-refractivity contribution >= 4 is 23.3 Å². The molecule has 36 heavy (non-hydrogen) atoms. The molecular formula is C28H29FN4O3. The summed E-state index contributed by atoms with van der Waals surface area (Å²) in [6, 6.07) is 15.5. The van der Waals surface area contributed by atoms with E-state index < -0.39 is 0 Å². The van der Waals surface area contributed by atoms with Crippen LogP contribution in [0.2, 0.25) is 0 Å². The van der Waals surface area contributed by atoms with Gasteiger partial charge in [-0.05, 0) is 81.1 Å². The quantitative estimate of drug-likeness (QED) is 0.525. The minimum absolute atomic E-state index is 0.0705. The summed E-state index contributed by atoms with van der Waals surface area (Å²) in [4.78, 5) is 32.5. The molecule has 8 heteroatoms. The molecule has 0 spiro atoms. The summed E-state index contributed by atoms with van der Waals surface area (Å²) in [5, 5.41) is 5.99. The number of carbonyl (C=O) groups is 2. The topological polar surface area (TPSA) is 83.6 Å². The van der Waals surface area contributed by atoms with Gasteiger partial charge in [0.15, 0.2) is 0 Å². The number of piperidine rings is 1. The van der Waals surface area contributed by atoms with Crippen LogP contribution in [0.15, 0.2) is 60.8 Å². The van der Waals surface area contributed by atoms with Gasteiger partial charge < -0.3 is 20.3 Å². The van der Waals surface area contributed by atoms with Crippen molar-refractivity contribution in [3.63, 3.8) is 0 Å². The molecule has 2 aromatic carbocycles. The molecule has 3 heterocycles. The lowest BCUT2D eigenvalue weighted by Crippen LogP contribution is -2.50. The van der Waals surface area contributed by atoms with Crippen LogP contribution >= 0.6 is 0 Å². The number of rotatable bonds is 6. The maximum Gasteiger partial charge on any atom is 0.257 e. The van der Waals surface area contributed by atoms with Crippen LogP contribution in [-0.2, 0) is 0 Å². The van der Waals surface area contributed by atoms with Gasteiger partial charge in [-0.1, -0.05) is 6.07 Å². The molecule has 7 nitrogen and oxygen atoms in total. The molecule has 0 saturated carbocycles. The molecule has 2 aliphatic rings. The number of ether oxygens (including phenoxy) is 1.